The van der Waals surface area contributed by atoms with Gasteiger partial charge in [-0.1, -0.05) is 18.2 Å². The van der Waals surface area contributed by atoms with Crippen LogP contribution in [0.5, 0.6) is 0 Å². The van der Waals surface area contributed by atoms with Crippen LogP contribution in [-0.2, 0) is 11.3 Å². The van der Waals surface area contributed by atoms with Gasteiger partial charge in [-0.2, -0.15) is 0 Å². The molecule has 0 bridgehead atoms. The second kappa shape index (κ2) is 6.15. The van der Waals surface area contributed by atoms with Gasteiger partial charge in [-0.25, -0.2) is 0 Å². The second-order valence-electron chi connectivity index (χ2n) is 6.89. The minimum atomic E-state index is 0.138. The number of nitrogens with one attached hydrogen (secondary N) is 1. The SMILES string of the molecule is C[C@@H]1CN(c2ccccc2CNC(C)(C)C)C[C@H](C)O1. The van der Waals surface area contributed by atoms with E-state index in [9.17, 15) is 0 Å². The Kier molecular flexibility index (Phi) is 4.71. The zero-order valence-corrected chi connectivity index (χ0v) is 13.4. The van der Waals surface area contributed by atoms with Crippen molar-refractivity contribution in [2.45, 2.75) is 58.9 Å². The van der Waals surface area contributed by atoms with E-state index in [1.165, 1.54) is 11.3 Å². The van der Waals surface area contributed by atoms with Crippen LogP contribution in [0.1, 0.15) is 40.2 Å². The summed E-state index contributed by atoms with van der Waals surface area (Å²) in [5, 5.41) is 3.58. The Morgan fingerprint density at radius 1 is 1.15 bits per heavy atom. The number of nitrogens with zero attached hydrogens (tertiary/aromatic N) is 1. The maximum absolute atomic E-state index is 5.83. The van der Waals surface area contributed by atoms with Gasteiger partial charge in [-0.15, -0.1) is 0 Å². The molecule has 0 amide bonds. The van der Waals surface area contributed by atoms with Gasteiger partial charge in [0.1, 0.15) is 0 Å². The third kappa shape index (κ3) is 4.22. The van der Waals surface area contributed by atoms with E-state index in [1.807, 2.05) is 0 Å². The van der Waals surface area contributed by atoms with E-state index in [2.05, 4.69) is 69.1 Å². The van der Waals surface area contributed by atoms with Gasteiger partial charge >= 0.3 is 0 Å². The number of hydrogen-bond acceptors (Lipinski definition) is 3. The van der Waals surface area contributed by atoms with Crippen molar-refractivity contribution in [3.63, 3.8) is 0 Å². The molecule has 3 heteroatoms. The molecule has 1 aromatic rings. The van der Waals surface area contributed by atoms with Crippen LogP contribution in [0.4, 0.5) is 5.69 Å². The summed E-state index contributed by atoms with van der Waals surface area (Å²) in [5.41, 5.74) is 2.84. The first-order valence-electron chi connectivity index (χ1n) is 7.58. The number of anilines is 1. The van der Waals surface area contributed by atoms with Crippen molar-refractivity contribution >= 4 is 5.69 Å². The Balaban J connectivity index is 2.14. The molecule has 1 aliphatic heterocycles. The fourth-order valence-electron chi connectivity index (χ4n) is 2.70. The Hall–Kier alpha value is -1.06. The average Bonchev–Trinajstić information content (AvgIpc) is 2.34. The molecule has 0 unspecified atom stereocenters. The highest BCUT2D eigenvalue weighted by Crippen LogP contribution is 2.24. The van der Waals surface area contributed by atoms with Gasteiger partial charge in [0.05, 0.1) is 12.2 Å². The average molecular weight is 276 g/mol. The molecule has 1 aromatic carbocycles. The molecule has 0 spiro atoms. The lowest BCUT2D eigenvalue weighted by Crippen LogP contribution is -2.46. The maximum Gasteiger partial charge on any atom is 0.0726 e. The molecule has 2 rings (SSSR count). The number of morpholine rings is 1. The van der Waals surface area contributed by atoms with E-state index >= 15 is 0 Å². The van der Waals surface area contributed by atoms with Crippen LogP contribution in [0.2, 0.25) is 0 Å². The highest BCUT2D eigenvalue weighted by molar-refractivity contribution is 5.54. The Morgan fingerprint density at radius 3 is 2.35 bits per heavy atom. The zero-order valence-electron chi connectivity index (χ0n) is 13.4. The molecule has 0 radical (unpaired) electrons. The number of ether oxygens (including phenoxy) is 1. The Morgan fingerprint density at radius 2 is 1.75 bits per heavy atom. The largest absolute Gasteiger partial charge is 0.372 e. The van der Waals surface area contributed by atoms with Crippen molar-refractivity contribution in [3.05, 3.63) is 29.8 Å². The quantitative estimate of drug-likeness (QED) is 0.917. The van der Waals surface area contributed by atoms with Crippen molar-refractivity contribution in [3.8, 4) is 0 Å². The number of rotatable bonds is 3. The fraction of sp³-hybridized carbons (Fsp3) is 0.647. The molecule has 1 fully saturated rings. The molecule has 20 heavy (non-hydrogen) atoms. The summed E-state index contributed by atoms with van der Waals surface area (Å²) in [6.07, 6.45) is 0.588. The minimum absolute atomic E-state index is 0.138. The van der Waals surface area contributed by atoms with Crippen molar-refractivity contribution in [2.75, 3.05) is 18.0 Å². The van der Waals surface area contributed by atoms with Crippen LogP contribution in [0.3, 0.4) is 0 Å². The summed E-state index contributed by atoms with van der Waals surface area (Å²) in [5.74, 6) is 0. The lowest BCUT2D eigenvalue weighted by atomic mass is 10.1. The molecule has 112 valence electrons. The number of benzene rings is 1. The van der Waals surface area contributed by atoms with Crippen molar-refractivity contribution < 1.29 is 4.74 Å². The van der Waals surface area contributed by atoms with Gasteiger partial charge in [0.25, 0.3) is 0 Å². The first-order valence-corrected chi connectivity index (χ1v) is 7.58. The molecular weight excluding hydrogens is 248 g/mol. The molecule has 1 aliphatic rings. The van der Waals surface area contributed by atoms with E-state index in [-0.39, 0.29) is 5.54 Å². The molecule has 1 heterocycles. The van der Waals surface area contributed by atoms with Crippen molar-refractivity contribution in [1.82, 2.24) is 5.32 Å². The molecule has 0 aliphatic carbocycles. The summed E-state index contributed by atoms with van der Waals surface area (Å²) in [6, 6.07) is 8.69. The van der Waals surface area contributed by atoms with Gasteiger partial charge in [0.2, 0.25) is 0 Å². The van der Waals surface area contributed by atoms with E-state index in [0.29, 0.717) is 12.2 Å². The third-order valence-corrected chi connectivity index (χ3v) is 3.56. The topological polar surface area (TPSA) is 24.5 Å². The Bertz CT molecular complexity index is 429. The highest BCUT2D eigenvalue weighted by Gasteiger charge is 2.23. The standard InChI is InChI=1S/C17H28N2O/c1-13-11-19(12-14(2)20-13)16-9-7-6-8-15(16)10-18-17(3,4)5/h6-9,13-14,18H,10-12H2,1-5H3/t13-,14+. The lowest BCUT2D eigenvalue weighted by Gasteiger charge is -2.38. The van der Waals surface area contributed by atoms with Gasteiger partial charge in [-0.05, 0) is 46.2 Å². The van der Waals surface area contributed by atoms with Gasteiger partial charge in [-0.3, -0.25) is 0 Å². The summed E-state index contributed by atoms with van der Waals surface area (Å²) in [4.78, 5) is 2.46. The summed E-state index contributed by atoms with van der Waals surface area (Å²) < 4.78 is 5.83. The van der Waals surface area contributed by atoms with Crippen molar-refractivity contribution in [2.24, 2.45) is 0 Å². The van der Waals surface area contributed by atoms with Crippen LogP contribution in [0, 0.1) is 0 Å². The second-order valence-corrected chi connectivity index (χ2v) is 6.89. The summed E-state index contributed by atoms with van der Waals surface area (Å²) in [7, 11) is 0. The maximum atomic E-state index is 5.83. The highest BCUT2D eigenvalue weighted by atomic mass is 16.5. The number of para-hydroxylation sites is 1. The van der Waals surface area contributed by atoms with Gasteiger partial charge in [0.15, 0.2) is 0 Å². The van der Waals surface area contributed by atoms with Crippen LogP contribution in [0.25, 0.3) is 0 Å². The summed E-state index contributed by atoms with van der Waals surface area (Å²) >= 11 is 0. The molecule has 2 atom stereocenters. The van der Waals surface area contributed by atoms with Crippen LogP contribution in [0.15, 0.2) is 24.3 Å². The normalized spacial score (nSPS) is 23.9. The summed E-state index contributed by atoms with van der Waals surface area (Å²) in [6.45, 7) is 13.8. The third-order valence-electron chi connectivity index (χ3n) is 3.56. The first kappa shape index (κ1) is 15.3. The smallest absolute Gasteiger partial charge is 0.0726 e. The van der Waals surface area contributed by atoms with Crippen LogP contribution >= 0.6 is 0 Å². The van der Waals surface area contributed by atoms with Crippen LogP contribution < -0.4 is 10.2 Å². The number of hydrogen-bond donors (Lipinski definition) is 1. The molecule has 1 saturated heterocycles. The molecule has 1 N–H and O–H groups in total. The van der Waals surface area contributed by atoms with Crippen molar-refractivity contribution in [1.29, 1.82) is 0 Å². The first-order chi connectivity index (χ1) is 9.35. The molecule has 0 saturated carbocycles. The predicted molar refractivity (Wildman–Crippen MR) is 85.3 cm³/mol. The van der Waals surface area contributed by atoms with E-state index in [0.717, 1.165) is 19.6 Å². The van der Waals surface area contributed by atoms with Crippen LogP contribution in [-0.4, -0.2) is 30.8 Å². The van der Waals surface area contributed by atoms with E-state index in [1.54, 1.807) is 0 Å². The molecular formula is C17H28N2O. The van der Waals surface area contributed by atoms with Gasteiger partial charge < -0.3 is 15.0 Å². The van der Waals surface area contributed by atoms with Gasteiger partial charge in [0, 0.05) is 30.9 Å². The minimum Gasteiger partial charge on any atom is -0.372 e. The Labute approximate surface area is 123 Å². The predicted octanol–water partition coefficient (Wildman–Crippen LogP) is 3.19. The fourth-order valence-corrected chi connectivity index (χ4v) is 2.70. The monoisotopic (exact) mass is 276 g/mol. The molecule has 0 aromatic heterocycles. The zero-order chi connectivity index (χ0) is 14.8. The lowest BCUT2D eigenvalue weighted by molar-refractivity contribution is -0.00527. The van der Waals surface area contributed by atoms with E-state index in [4.69, 9.17) is 4.74 Å². The molecule has 3 nitrogen and oxygen atoms in total. The van der Waals surface area contributed by atoms with E-state index < -0.39 is 0 Å².